The van der Waals surface area contributed by atoms with Gasteiger partial charge < -0.3 is 15.5 Å². The van der Waals surface area contributed by atoms with Gasteiger partial charge in [0.15, 0.2) is 0 Å². The normalized spacial score (nSPS) is 17.5. The van der Waals surface area contributed by atoms with Gasteiger partial charge >= 0.3 is 6.03 Å². The van der Waals surface area contributed by atoms with Gasteiger partial charge in [0, 0.05) is 56.1 Å². The maximum atomic E-state index is 13.1. The van der Waals surface area contributed by atoms with Crippen LogP contribution in [0.1, 0.15) is 50.6 Å². The van der Waals surface area contributed by atoms with Crippen LogP contribution in [0.3, 0.4) is 0 Å². The van der Waals surface area contributed by atoms with Crippen LogP contribution in [-0.2, 0) is 6.42 Å². The van der Waals surface area contributed by atoms with Gasteiger partial charge in [-0.1, -0.05) is 24.0 Å². The Morgan fingerprint density at radius 2 is 1.86 bits per heavy atom. The number of aromatic nitrogens is 2. The SMILES string of the molecule is CNC(=O)n1cc(C#Cc2cc(NC(=O)c3ccc4c(c3)CCC4N3CCN(C)CC3)ccc2C)cn1. The van der Waals surface area contributed by atoms with Crippen molar-refractivity contribution in [3.05, 3.63) is 82.2 Å². The molecule has 1 atom stereocenters. The summed E-state index contributed by atoms with van der Waals surface area (Å²) in [6.45, 7) is 6.38. The summed E-state index contributed by atoms with van der Waals surface area (Å²) in [6.07, 6.45) is 5.25. The number of likely N-dealkylation sites (N-methyl/N-ethyl adjacent to an activating group) is 1. The number of carbonyl (C=O) groups is 2. The third-order valence-electron chi connectivity index (χ3n) is 7.27. The van der Waals surface area contributed by atoms with Gasteiger partial charge in [0.05, 0.1) is 18.0 Å². The molecule has 0 spiro atoms. The van der Waals surface area contributed by atoms with Crippen molar-refractivity contribution in [3.63, 3.8) is 0 Å². The molecule has 2 aliphatic rings. The molecule has 0 radical (unpaired) electrons. The highest BCUT2D eigenvalue weighted by atomic mass is 16.2. The zero-order chi connectivity index (χ0) is 25.9. The van der Waals surface area contributed by atoms with E-state index in [-0.39, 0.29) is 11.9 Å². The number of piperazine rings is 1. The number of fused-ring (bicyclic) bond motifs is 1. The minimum absolute atomic E-state index is 0.125. The van der Waals surface area contributed by atoms with Crippen molar-refractivity contribution in [2.24, 2.45) is 0 Å². The number of hydrogen-bond acceptors (Lipinski definition) is 5. The third kappa shape index (κ3) is 5.43. The smallest absolute Gasteiger partial charge is 0.339 e. The summed E-state index contributed by atoms with van der Waals surface area (Å²) in [6, 6.07) is 12.0. The van der Waals surface area contributed by atoms with Gasteiger partial charge in [-0.3, -0.25) is 9.69 Å². The van der Waals surface area contributed by atoms with E-state index >= 15 is 0 Å². The van der Waals surface area contributed by atoms with Crippen molar-refractivity contribution < 1.29 is 9.59 Å². The molecule has 3 aromatic rings. The summed E-state index contributed by atoms with van der Waals surface area (Å²) in [5.41, 5.74) is 6.44. The molecule has 1 aliphatic heterocycles. The van der Waals surface area contributed by atoms with Crippen LogP contribution in [-0.4, -0.2) is 71.8 Å². The molecular formula is C29H32N6O2. The molecule has 2 amide bonds. The topological polar surface area (TPSA) is 82.5 Å². The molecule has 1 aromatic heterocycles. The van der Waals surface area contributed by atoms with Gasteiger partial charge in [-0.25, -0.2) is 4.79 Å². The lowest BCUT2D eigenvalue weighted by molar-refractivity contribution is 0.102. The van der Waals surface area contributed by atoms with Crippen LogP contribution in [0.25, 0.3) is 0 Å². The molecule has 1 saturated heterocycles. The molecular weight excluding hydrogens is 464 g/mol. The van der Waals surface area contributed by atoms with Crippen LogP contribution in [0, 0.1) is 18.8 Å². The second kappa shape index (κ2) is 10.6. The Morgan fingerprint density at radius 3 is 2.65 bits per heavy atom. The van der Waals surface area contributed by atoms with Crippen molar-refractivity contribution >= 4 is 17.6 Å². The number of benzene rings is 2. The molecule has 8 nitrogen and oxygen atoms in total. The summed E-state index contributed by atoms with van der Waals surface area (Å²) in [7, 11) is 3.73. The quantitative estimate of drug-likeness (QED) is 0.544. The fourth-order valence-corrected chi connectivity index (χ4v) is 5.04. The molecule has 1 unspecified atom stereocenters. The Morgan fingerprint density at radius 1 is 1.05 bits per heavy atom. The predicted molar refractivity (Wildman–Crippen MR) is 144 cm³/mol. The first-order valence-corrected chi connectivity index (χ1v) is 12.7. The molecule has 5 rings (SSSR count). The van der Waals surface area contributed by atoms with E-state index in [9.17, 15) is 9.59 Å². The van der Waals surface area contributed by atoms with Gasteiger partial charge in [-0.05, 0) is 67.8 Å². The lowest BCUT2D eigenvalue weighted by atomic mass is 10.0. The molecule has 37 heavy (non-hydrogen) atoms. The Kier molecular flexibility index (Phi) is 7.08. The first kappa shape index (κ1) is 24.8. The Bertz CT molecular complexity index is 1390. The Balaban J connectivity index is 1.28. The summed E-state index contributed by atoms with van der Waals surface area (Å²) in [5, 5.41) is 9.56. The summed E-state index contributed by atoms with van der Waals surface area (Å²) in [4.78, 5) is 29.7. The van der Waals surface area contributed by atoms with E-state index in [4.69, 9.17) is 0 Å². The van der Waals surface area contributed by atoms with E-state index in [0.29, 0.717) is 22.9 Å². The van der Waals surface area contributed by atoms with Gasteiger partial charge in [-0.15, -0.1) is 0 Å². The number of nitrogens with one attached hydrogen (secondary N) is 2. The molecule has 8 heteroatoms. The minimum atomic E-state index is -0.324. The lowest BCUT2D eigenvalue weighted by Crippen LogP contribution is -2.45. The summed E-state index contributed by atoms with van der Waals surface area (Å²) >= 11 is 0. The average Bonchev–Trinajstić information content (AvgIpc) is 3.56. The fourth-order valence-electron chi connectivity index (χ4n) is 5.04. The molecule has 2 heterocycles. The van der Waals surface area contributed by atoms with Crippen LogP contribution in [0.2, 0.25) is 0 Å². The molecule has 1 fully saturated rings. The first-order valence-electron chi connectivity index (χ1n) is 12.7. The highest BCUT2D eigenvalue weighted by Gasteiger charge is 2.30. The predicted octanol–water partition coefficient (Wildman–Crippen LogP) is 3.27. The van der Waals surface area contributed by atoms with Crippen LogP contribution in [0.5, 0.6) is 0 Å². The van der Waals surface area contributed by atoms with Crippen LogP contribution >= 0.6 is 0 Å². The van der Waals surface area contributed by atoms with Crippen LogP contribution in [0.4, 0.5) is 10.5 Å². The average molecular weight is 497 g/mol. The highest BCUT2D eigenvalue weighted by Crippen LogP contribution is 2.36. The zero-order valence-electron chi connectivity index (χ0n) is 21.5. The largest absolute Gasteiger partial charge is 0.341 e. The monoisotopic (exact) mass is 496 g/mol. The van der Waals surface area contributed by atoms with Gasteiger partial charge in [0.25, 0.3) is 5.91 Å². The van der Waals surface area contributed by atoms with E-state index in [2.05, 4.69) is 56.6 Å². The van der Waals surface area contributed by atoms with E-state index in [1.165, 1.54) is 15.8 Å². The lowest BCUT2D eigenvalue weighted by Gasteiger charge is -2.36. The summed E-state index contributed by atoms with van der Waals surface area (Å²) < 4.78 is 1.21. The maximum absolute atomic E-state index is 13.1. The van der Waals surface area contributed by atoms with Crippen molar-refractivity contribution in [1.82, 2.24) is 24.9 Å². The molecule has 2 N–H and O–H groups in total. The van der Waals surface area contributed by atoms with E-state index < -0.39 is 0 Å². The number of hydrogen-bond donors (Lipinski definition) is 2. The second-order valence-corrected chi connectivity index (χ2v) is 9.77. The number of rotatable bonds is 3. The minimum Gasteiger partial charge on any atom is -0.339 e. The molecule has 0 saturated carbocycles. The van der Waals surface area contributed by atoms with Gasteiger partial charge in [-0.2, -0.15) is 9.78 Å². The van der Waals surface area contributed by atoms with Crippen molar-refractivity contribution in [2.45, 2.75) is 25.8 Å². The molecule has 0 bridgehead atoms. The van der Waals surface area contributed by atoms with Crippen molar-refractivity contribution in [2.75, 3.05) is 45.6 Å². The number of aryl methyl sites for hydroxylation is 2. The number of nitrogens with zero attached hydrogens (tertiary/aromatic N) is 4. The van der Waals surface area contributed by atoms with Crippen molar-refractivity contribution in [1.29, 1.82) is 0 Å². The van der Waals surface area contributed by atoms with Gasteiger partial charge in [0.2, 0.25) is 0 Å². The van der Waals surface area contributed by atoms with Gasteiger partial charge in [0.1, 0.15) is 0 Å². The van der Waals surface area contributed by atoms with E-state index in [0.717, 1.165) is 50.1 Å². The first-order chi connectivity index (χ1) is 17.9. The number of carbonyl (C=O) groups excluding carboxylic acids is 2. The van der Waals surface area contributed by atoms with E-state index in [1.54, 1.807) is 19.4 Å². The molecule has 2 aromatic carbocycles. The number of anilines is 1. The highest BCUT2D eigenvalue weighted by molar-refractivity contribution is 6.04. The standard InChI is InChI=1S/C29H32N6O2/c1-20-4-9-25(17-22(20)6-5-21-18-31-35(19-21)29(37)30-2)32-28(36)24-7-10-26-23(16-24)8-11-27(26)34-14-12-33(3)13-15-34/h4,7,9-10,16-19,27H,8,11-15H2,1-3H3,(H,30,37)(H,32,36). The number of amides is 2. The van der Waals surface area contributed by atoms with Crippen LogP contribution < -0.4 is 10.6 Å². The molecule has 1 aliphatic carbocycles. The zero-order valence-corrected chi connectivity index (χ0v) is 21.5. The Hall–Kier alpha value is -3.93. The van der Waals surface area contributed by atoms with E-state index in [1.807, 2.05) is 31.2 Å². The third-order valence-corrected chi connectivity index (χ3v) is 7.27. The summed E-state index contributed by atoms with van der Waals surface area (Å²) in [5.74, 6) is 6.05. The molecule has 190 valence electrons. The Labute approximate surface area is 217 Å². The second-order valence-electron chi connectivity index (χ2n) is 9.77. The van der Waals surface area contributed by atoms with Crippen LogP contribution in [0.15, 0.2) is 48.8 Å². The fraction of sp³-hybridized carbons (Fsp3) is 0.345. The van der Waals surface area contributed by atoms with Crippen molar-refractivity contribution in [3.8, 4) is 11.8 Å². The maximum Gasteiger partial charge on any atom is 0.341 e.